The Labute approximate surface area is 98.5 Å². The van der Waals surface area contributed by atoms with Crippen molar-refractivity contribution in [3.63, 3.8) is 0 Å². The summed E-state index contributed by atoms with van der Waals surface area (Å²) in [6.07, 6.45) is 4.58. The van der Waals surface area contributed by atoms with Crippen LogP contribution in [0, 0.1) is 5.41 Å². The van der Waals surface area contributed by atoms with E-state index in [1.807, 2.05) is 6.92 Å². The smallest absolute Gasteiger partial charge is 0.0643 e. The van der Waals surface area contributed by atoms with Crippen LogP contribution in [0.15, 0.2) is 0 Å². The number of rotatable bonds is 5. The lowest BCUT2D eigenvalue weighted by Crippen LogP contribution is -2.50. The van der Waals surface area contributed by atoms with Gasteiger partial charge in [-0.2, -0.15) is 0 Å². The van der Waals surface area contributed by atoms with Gasteiger partial charge in [-0.15, -0.1) is 0 Å². The predicted molar refractivity (Wildman–Crippen MR) is 64.1 cm³/mol. The molecule has 3 nitrogen and oxygen atoms in total. The second-order valence-corrected chi connectivity index (χ2v) is 5.47. The lowest BCUT2D eigenvalue weighted by molar-refractivity contribution is -0.129. The molecule has 0 amide bonds. The van der Waals surface area contributed by atoms with Crippen LogP contribution in [0.4, 0.5) is 0 Å². The van der Waals surface area contributed by atoms with Gasteiger partial charge in [0.1, 0.15) is 0 Å². The summed E-state index contributed by atoms with van der Waals surface area (Å²) in [5, 5.41) is 29.5. The minimum absolute atomic E-state index is 0.404. The normalized spacial score (nSPS) is 39.9. The van der Waals surface area contributed by atoms with Crippen LogP contribution in [0.1, 0.15) is 58.8 Å². The van der Waals surface area contributed by atoms with Gasteiger partial charge in [-0.3, -0.25) is 0 Å². The maximum Gasteiger partial charge on any atom is 0.0643 e. The first-order valence-electron chi connectivity index (χ1n) is 6.55. The molecule has 96 valence electrons. The first-order chi connectivity index (χ1) is 7.50. The molecular weight excluding hydrogens is 204 g/mol. The second-order valence-electron chi connectivity index (χ2n) is 5.47. The molecular formula is C13H26O3. The van der Waals surface area contributed by atoms with Crippen molar-refractivity contribution in [2.45, 2.75) is 77.1 Å². The molecule has 0 bridgehead atoms. The van der Waals surface area contributed by atoms with Gasteiger partial charge in [-0.25, -0.2) is 0 Å². The summed E-state index contributed by atoms with van der Waals surface area (Å²) in [5.74, 6) is 0. The Hall–Kier alpha value is -0.120. The van der Waals surface area contributed by atoms with E-state index in [2.05, 4.69) is 6.92 Å². The third-order valence-electron chi connectivity index (χ3n) is 4.08. The van der Waals surface area contributed by atoms with Gasteiger partial charge in [-0.1, -0.05) is 39.5 Å². The minimum atomic E-state index is -0.576. The molecule has 3 N–H and O–H groups in total. The molecule has 0 spiro atoms. The summed E-state index contributed by atoms with van der Waals surface area (Å²) in [6, 6.07) is 0. The molecule has 0 heterocycles. The zero-order valence-electron chi connectivity index (χ0n) is 10.5. The van der Waals surface area contributed by atoms with Crippen molar-refractivity contribution in [1.82, 2.24) is 0 Å². The molecule has 3 heteroatoms. The highest BCUT2D eigenvalue weighted by atomic mass is 16.3. The van der Waals surface area contributed by atoms with Crippen molar-refractivity contribution in [3.05, 3.63) is 0 Å². The molecule has 1 aliphatic carbocycles. The molecule has 1 aliphatic rings. The monoisotopic (exact) mass is 230 g/mol. The molecule has 0 aromatic heterocycles. The number of hydrogen-bond acceptors (Lipinski definition) is 3. The van der Waals surface area contributed by atoms with Gasteiger partial charge in [0.25, 0.3) is 0 Å². The molecule has 16 heavy (non-hydrogen) atoms. The molecule has 0 aliphatic heterocycles. The van der Waals surface area contributed by atoms with Crippen LogP contribution >= 0.6 is 0 Å². The van der Waals surface area contributed by atoms with Crippen LogP contribution < -0.4 is 0 Å². The fourth-order valence-corrected chi connectivity index (χ4v) is 2.64. The van der Waals surface area contributed by atoms with E-state index in [4.69, 9.17) is 0 Å². The zero-order valence-corrected chi connectivity index (χ0v) is 10.5. The van der Waals surface area contributed by atoms with Crippen molar-refractivity contribution < 1.29 is 15.3 Å². The van der Waals surface area contributed by atoms with Gasteiger partial charge >= 0.3 is 0 Å². The summed E-state index contributed by atoms with van der Waals surface area (Å²) >= 11 is 0. The molecule has 0 saturated heterocycles. The Balaban J connectivity index is 2.46. The Morgan fingerprint density at radius 1 is 1.00 bits per heavy atom. The Morgan fingerprint density at radius 3 is 2.06 bits per heavy atom. The average molecular weight is 230 g/mol. The maximum absolute atomic E-state index is 10.0. The molecule has 0 radical (unpaired) electrons. The second kappa shape index (κ2) is 5.99. The Bertz CT molecular complexity index is 193. The lowest BCUT2D eigenvalue weighted by atomic mass is 9.67. The van der Waals surface area contributed by atoms with Crippen LogP contribution in [-0.4, -0.2) is 33.6 Å². The van der Waals surface area contributed by atoms with Crippen LogP contribution in [0.25, 0.3) is 0 Å². The van der Waals surface area contributed by atoms with Crippen LogP contribution in [0.3, 0.4) is 0 Å². The molecule has 1 rings (SSSR count). The van der Waals surface area contributed by atoms with E-state index < -0.39 is 23.7 Å². The van der Waals surface area contributed by atoms with Gasteiger partial charge in [0.05, 0.1) is 18.3 Å². The Morgan fingerprint density at radius 2 is 1.56 bits per heavy atom. The molecule has 1 fully saturated rings. The van der Waals surface area contributed by atoms with Crippen molar-refractivity contribution >= 4 is 0 Å². The van der Waals surface area contributed by atoms with Crippen molar-refractivity contribution in [1.29, 1.82) is 0 Å². The predicted octanol–water partition coefficient (Wildman–Crippen LogP) is 1.84. The van der Waals surface area contributed by atoms with Crippen molar-refractivity contribution in [3.8, 4) is 0 Å². The topological polar surface area (TPSA) is 60.7 Å². The van der Waals surface area contributed by atoms with E-state index in [0.717, 1.165) is 19.3 Å². The fraction of sp³-hybridized carbons (Fsp3) is 1.00. The van der Waals surface area contributed by atoms with E-state index in [1.165, 1.54) is 12.8 Å². The third-order valence-corrected chi connectivity index (χ3v) is 4.08. The summed E-state index contributed by atoms with van der Waals surface area (Å²) in [5.41, 5.74) is -0.424. The minimum Gasteiger partial charge on any atom is -0.393 e. The third kappa shape index (κ3) is 3.19. The van der Waals surface area contributed by atoms with Crippen LogP contribution in [0.2, 0.25) is 0 Å². The summed E-state index contributed by atoms with van der Waals surface area (Å²) in [4.78, 5) is 0. The number of aliphatic hydroxyl groups is 3. The summed E-state index contributed by atoms with van der Waals surface area (Å²) in [7, 11) is 0. The van der Waals surface area contributed by atoms with E-state index in [1.54, 1.807) is 0 Å². The average Bonchev–Trinajstić information content (AvgIpc) is 2.21. The van der Waals surface area contributed by atoms with Gasteiger partial charge in [-0.05, 0) is 19.3 Å². The van der Waals surface area contributed by atoms with E-state index in [9.17, 15) is 15.3 Å². The zero-order chi connectivity index (χ0) is 12.2. The first-order valence-corrected chi connectivity index (χ1v) is 6.55. The highest BCUT2D eigenvalue weighted by Gasteiger charge is 2.44. The van der Waals surface area contributed by atoms with Gasteiger partial charge < -0.3 is 15.3 Å². The largest absolute Gasteiger partial charge is 0.393 e. The SMILES string of the molecule is CCCCCCC1(C)C(O)CC(O)CC1O. The molecule has 1 saturated carbocycles. The van der Waals surface area contributed by atoms with Crippen molar-refractivity contribution in [2.24, 2.45) is 5.41 Å². The van der Waals surface area contributed by atoms with E-state index in [0.29, 0.717) is 12.8 Å². The molecule has 0 aromatic rings. The summed E-state index contributed by atoms with van der Waals surface area (Å²) < 4.78 is 0. The van der Waals surface area contributed by atoms with Crippen LogP contribution in [0.5, 0.6) is 0 Å². The fourth-order valence-electron chi connectivity index (χ4n) is 2.64. The first kappa shape index (κ1) is 13.9. The summed E-state index contributed by atoms with van der Waals surface area (Å²) in [6.45, 7) is 4.11. The van der Waals surface area contributed by atoms with Crippen molar-refractivity contribution in [2.75, 3.05) is 0 Å². The molecule has 2 unspecified atom stereocenters. The van der Waals surface area contributed by atoms with Gasteiger partial charge in [0.15, 0.2) is 0 Å². The molecule has 0 aromatic carbocycles. The van der Waals surface area contributed by atoms with Crippen LogP contribution in [-0.2, 0) is 0 Å². The maximum atomic E-state index is 10.0. The quantitative estimate of drug-likeness (QED) is 0.632. The van der Waals surface area contributed by atoms with E-state index >= 15 is 0 Å². The van der Waals surface area contributed by atoms with Gasteiger partial charge in [0.2, 0.25) is 0 Å². The number of hydrogen-bond donors (Lipinski definition) is 3. The highest BCUT2D eigenvalue weighted by molar-refractivity contribution is 4.95. The number of aliphatic hydroxyl groups excluding tert-OH is 3. The standard InChI is InChI=1S/C13H26O3/c1-3-4-5-6-7-13(2)11(15)8-10(14)9-12(13)16/h10-12,14-16H,3-9H2,1-2H3. The Kier molecular flexibility index (Phi) is 5.22. The molecule has 2 atom stereocenters. The van der Waals surface area contributed by atoms with E-state index in [-0.39, 0.29) is 0 Å². The lowest BCUT2D eigenvalue weighted by Gasteiger charge is -2.44. The number of unbranched alkanes of at least 4 members (excludes halogenated alkanes) is 3. The highest BCUT2D eigenvalue weighted by Crippen LogP contribution is 2.40. The van der Waals surface area contributed by atoms with Gasteiger partial charge in [0, 0.05) is 5.41 Å².